The number of hydrogen-bond acceptors (Lipinski definition) is 5. The minimum atomic E-state index is 0.173. The predicted octanol–water partition coefficient (Wildman–Crippen LogP) is 7.55. The maximum atomic E-state index is 13.0. The van der Waals surface area contributed by atoms with Gasteiger partial charge in [0.05, 0.1) is 37.5 Å². The first-order valence-corrected chi connectivity index (χ1v) is 14.3. The average Bonchev–Trinajstić information content (AvgIpc) is 3.49. The van der Waals surface area contributed by atoms with E-state index < -0.39 is 0 Å². The van der Waals surface area contributed by atoms with Crippen LogP contribution in [0.3, 0.4) is 0 Å². The molecule has 0 unspecified atom stereocenters. The number of carbonyl (C=O) groups excluding carboxylic acids is 1. The molecule has 5 rings (SSSR count). The third kappa shape index (κ3) is 5.24. The van der Waals surface area contributed by atoms with Crippen LogP contribution >= 0.6 is 46.3 Å². The number of likely N-dealkylation sites (tertiary alicyclic amines) is 1. The zero-order valence-corrected chi connectivity index (χ0v) is 22.7. The highest BCUT2D eigenvalue weighted by atomic mass is 35.5. The SMILES string of the molecule is CC(C)n1c(SCC(=O)N2CCC(c3nc(-c4ccc(Cl)c(Cl)c4)cs3)CC2)nc2ccccc21. The van der Waals surface area contributed by atoms with Gasteiger partial charge in [0.25, 0.3) is 0 Å². The number of amides is 1. The highest BCUT2D eigenvalue weighted by Crippen LogP contribution is 2.35. The second-order valence-corrected chi connectivity index (χ2v) is 11.6. The monoisotopic (exact) mass is 544 g/mol. The van der Waals surface area contributed by atoms with Crippen LogP contribution < -0.4 is 0 Å². The molecule has 0 atom stereocenters. The number of imidazole rings is 1. The van der Waals surface area contributed by atoms with Crippen LogP contribution in [0.4, 0.5) is 0 Å². The standard InChI is InChI=1S/C26H26Cl2N4OS2/c1-16(2)32-23-6-4-3-5-21(23)30-26(32)35-15-24(33)31-11-9-17(10-12-31)25-29-22(14-34-25)18-7-8-19(27)20(28)13-18/h3-8,13-14,16-17H,9-12,15H2,1-2H3. The number of carbonyl (C=O) groups is 1. The van der Waals surface area contributed by atoms with Crippen LogP contribution in [-0.4, -0.2) is 44.2 Å². The van der Waals surface area contributed by atoms with E-state index in [2.05, 4.69) is 29.9 Å². The summed E-state index contributed by atoms with van der Waals surface area (Å²) in [6.45, 7) is 5.81. The molecule has 0 aliphatic carbocycles. The Balaban J connectivity index is 1.19. The lowest BCUT2D eigenvalue weighted by atomic mass is 9.97. The van der Waals surface area contributed by atoms with Crippen LogP contribution in [0.2, 0.25) is 10.0 Å². The lowest BCUT2D eigenvalue weighted by Crippen LogP contribution is -2.39. The first kappa shape index (κ1) is 24.6. The zero-order chi connectivity index (χ0) is 24.5. The lowest BCUT2D eigenvalue weighted by molar-refractivity contribution is -0.129. The van der Waals surface area contributed by atoms with E-state index in [0.717, 1.165) is 58.4 Å². The van der Waals surface area contributed by atoms with Crippen LogP contribution in [0.25, 0.3) is 22.3 Å². The molecule has 0 saturated carbocycles. The minimum absolute atomic E-state index is 0.173. The highest BCUT2D eigenvalue weighted by molar-refractivity contribution is 7.99. The summed E-state index contributed by atoms with van der Waals surface area (Å²) in [5.74, 6) is 0.948. The van der Waals surface area contributed by atoms with Crippen LogP contribution in [0.5, 0.6) is 0 Å². The topological polar surface area (TPSA) is 51.0 Å². The summed E-state index contributed by atoms with van der Waals surface area (Å²) in [7, 11) is 0. The molecule has 2 aromatic heterocycles. The third-order valence-corrected chi connectivity index (χ3v) is 9.02. The number of para-hydroxylation sites is 2. The van der Waals surface area contributed by atoms with Crippen molar-refractivity contribution in [2.45, 2.75) is 43.8 Å². The van der Waals surface area contributed by atoms with Gasteiger partial charge in [0, 0.05) is 36.0 Å². The minimum Gasteiger partial charge on any atom is -0.342 e. The lowest BCUT2D eigenvalue weighted by Gasteiger charge is -2.31. The van der Waals surface area contributed by atoms with E-state index >= 15 is 0 Å². The summed E-state index contributed by atoms with van der Waals surface area (Å²) in [5, 5.41) is 5.18. The third-order valence-electron chi connectivity index (χ3n) is 6.34. The molecule has 1 aliphatic rings. The van der Waals surface area contributed by atoms with Crippen molar-refractivity contribution in [1.82, 2.24) is 19.4 Å². The van der Waals surface area contributed by atoms with Crippen molar-refractivity contribution >= 4 is 63.2 Å². The van der Waals surface area contributed by atoms with E-state index in [0.29, 0.717) is 21.7 Å². The van der Waals surface area contributed by atoms with Gasteiger partial charge < -0.3 is 9.47 Å². The number of rotatable bonds is 6. The van der Waals surface area contributed by atoms with Crippen LogP contribution in [0.1, 0.15) is 43.7 Å². The summed E-state index contributed by atoms with van der Waals surface area (Å²) < 4.78 is 2.22. The maximum Gasteiger partial charge on any atom is 0.233 e. The van der Waals surface area contributed by atoms with Crippen molar-refractivity contribution in [2.75, 3.05) is 18.8 Å². The van der Waals surface area contributed by atoms with Gasteiger partial charge in [0.2, 0.25) is 5.91 Å². The zero-order valence-electron chi connectivity index (χ0n) is 19.6. The van der Waals surface area contributed by atoms with Crippen molar-refractivity contribution in [3.8, 4) is 11.3 Å². The molecular formula is C26H26Cl2N4OS2. The highest BCUT2D eigenvalue weighted by Gasteiger charge is 2.26. The predicted molar refractivity (Wildman–Crippen MR) is 147 cm³/mol. The fraction of sp³-hybridized carbons (Fsp3) is 0.346. The van der Waals surface area contributed by atoms with Gasteiger partial charge >= 0.3 is 0 Å². The van der Waals surface area contributed by atoms with Crippen molar-refractivity contribution in [3.05, 3.63) is 62.9 Å². The number of aromatic nitrogens is 3. The molecular weight excluding hydrogens is 519 g/mol. The molecule has 3 heterocycles. The van der Waals surface area contributed by atoms with E-state index in [-0.39, 0.29) is 11.9 Å². The largest absolute Gasteiger partial charge is 0.342 e. The Morgan fingerprint density at radius 3 is 2.63 bits per heavy atom. The Bertz CT molecular complexity index is 1360. The molecule has 0 radical (unpaired) electrons. The Hall–Kier alpha value is -2.06. The van der Waals surface area contributed by atoms with Crippen LogP contribution in [0, 0.1) is 0 Å². The average molecular weight is 546 g/mol. The van der Waals surface area contributed by atoms with Crippen molar-refractivity contribution < 1.29 is 4.79 Å². The number of halogens is 2. The number of hydrogen-bond donors (Lipinski definition) is 0. The molecule has 1 aliphatic heterocycles. The molecule has 9 heteroatoms. The number of fused-ring (bicyclic) bond motifs is 1. The molecule has 4 aromatic rings. The summed E-state index contributed by atoms with van der Waals surface area (Å²) in [5.41, 5.74) is 3.98. The van der Waals surface area contributed by atoms with E-state index in [9.17, 15) is 4.79 Å². The van der Waals surface area contributed by atoms with Gasteiger partial charge in [-0.3, -0.25) is 4.79 Å². The number of thiazole rings is 1. The van der Waals surface area contributed by atoms with E-state index in [1.54, 1.807) is 17.4 Å². The second kappa shape index (κ2) is 10.5. The van der Waals surface area contributed by atoms with Gasteiger partial charge in [-0.2, -0.15) is 0 Å². The van der Waals surface area contributed by atoms with Crippen molar-refractivity contribution in [1.29, 1.82) is 0 Å². The van der Waals surface area contributed by atoms with Crippen molar-refractivity contribution in [2.24, 2.45) is 0 Å². The summed E-state index contributed by atoms with van der Waals surface area (Å²) in [4.78, 5) is 24.6. The number of benzene rings is 2. The fourth-order valence-electron chi connectivity index (χ4n) is 4.48. The molecule has 1 amide bonds. The van der Waals surface area contributed by atoms with Crippen molar-refractivity contribution in [3.63, 3.8) is 0 Å². The molecule has 1 fully saturated rings. The number of nitrogens with zero attached hydrogens (tertiary/aromatic N) is 4. The van der Waals surface area contributed by atoms with Gasteiger partial charge in [0.15, 0.2) is 5.16 Å². The van der Waals surface area contributed by atoms with Gasteiger partial charge in [0.1, 0.15) is 0 Å². The molecule has 0 bridgehead atoms. The first-order chi connectivity index (χ1) is 16.9. The Kier molecular flexibility index (Phi) is 7.39. The van der Waals surface area contributed by atoms with Crippen LogP contribution in [-0.2, 0) is 4.79 Å². The molecule has 1 saturated heterocycles. The molecule has 0 spiro atoms. The molecule has 0 N–H and O–H groups in total. The fourth-order valence-corrected chi connectivity index (χ4v) is 6.82. The number of piperidine rings is 1. The van der Waals surface area contributed by atoms with E-state index in [4.69, 9.17) is 33.2 Å². The second-order valence-electron chi connectivity index (χ2n) is 8.99. The molecule has 5 nitrogen and oxygen atoms in total. The molecule has 2 aromatic carbocycles. The van der Waals surface area contributed by atoms with E-state index in [1.807, 2.05) is 35.2 Å². The van der Waals surface area contributed by atoms with Gasteiger partial charge in [-0.05, 0) is 51.0 Å². The maximum absolute atomic E-state index is 13.0. The summed E-state index contributed by atoms with van der Waals surface area (Å²) in [6, 6.07) is 14.0. The van der Waals surface area contributed by atoms with Crippen LogP contribution in [0.15, 0.2) is 53.0 Å². The Morgan fingerprint density at radius 2 is 1.89 bits per heavy atom. The van der Waals surface area contributed by atoms with Gasteiger partial charge in [-0.15, -0.1) is 11.3 Å². The van der Waals surface area contributed by atoms with Gasteiger partial charge in [-0.25, -0.2) is 9.97 Å². The quantitative estimate of drug-likeness (QED) is 0.235. The molecule has 182 valence electrons. The smallest absolute Gasteiger partial charge is 0.233 e. The summed E-state index contributed by atoms with van der Waals surface area (Å²) >= 11 is 15.4. The summed E-state index contributed by atoms with van der Waals surface area (Å²) in [6.07, 6.45) is 1.85. The number of thioether (sulfide) groups is 1. The Morgan fingerprint density at radius 1 is 1.11 bits per heavy atom. The molecule has 35 heavy (non-hydrogen) atoms. The first-order valence-electron chi connectivity index (χ1n) is 11.7. The van der Waals surface area contributed by atoms with Gasteiger partial charge in [-0.1, -0.05) is 53.2 Å². The van der Waals surface area contributed by atoms with E-state index in [1.165, 1.54) is 11.8 Å². The normalized spacial score (nSPS) is 14.8. The Labute approximate surface area is 223 Å².